The smallest absolute Gasteiger partial charge is 0.234 e. The van der Waals surface area contributed by atoms with Crippen molar-refractivity contribution in [1.29, 1.82) is 0 Å². The molecular formula is C17H22N2O. The molecule has 0 bridgehead atoms. The zero-order valence-electron chi connectivity index (χ0n) is 12.2. The first kappa shape index (κ1) is 14.5. The highest BCUT2D eigenvalue weighted by Crippen LogP contribution is 2.19. The highest BCUT2D eigenvalue weighted by atomic mass is 16.2. The van der Waals surface area contributed by atoms with Crippen molar-refractivity contribution in [2.75, 3.05) is 19.6 Å². The predicted octanol–water partition coefficient (Wildman–Crippen LogP) is 2.80. The van der Waals surface area contributed by atoms with Gasteiger partial charge in [-0.15, -0.1) is 0 Å². The quantitative estimate of drug-likeness (QED) is 0.875. The molecule has 3 nitrogen and oxygen atoms in total. The van der Waals surface area contributed by atoms with Crippen molar-refractivity contribution in [3.8, 4) is 0 Å². The number of carbonyl (C=O) groups excluding carboxylic acids is 1. The highest BCUT2D eigenvalue weighted by molar-refractivity contribution is 5.85. The maximum absolute atomic E-state index is 11.7. The molecule has 106 valence electrons. The topological polar surface area (TPSA) is 32.3 Å². The minimum absolute atomic E-state index is 0.0922. The SMILES string of the molecule is CCNC(=O)CN(CC)Cc1cccc2ccccc12. The zero-order chi connectivity index (χ0) is 14.4. The minimum atomic E-state index is 0.0922. The molecule has 0 unspecified atom stereocenters. The number of fused-ring (bicyclic) bond motifs is 1. The van der Waals surface area contributed by atoms with Crippen molar-refractivity contribution < 1.29 is 4.79 Å². The molecule has 0 aliphatic rings. The van der Waals surface area contributed by atoms with Crippen molar-refractivity contribution in [1.82, 2.24) is 10.2 Å². The first-order valence-corrected chi connectivity index (χ1v) is 7.20. The fraction of sp³-hybridized carbons (Fsp3) is 0.353. The van der Waals surface area contributed by atoms with Crippen LogP contribution in [0.4, 0.5) is 0 Å². The fourth-order valence-electron chi connectivity index (χ4n) is 2.41. The Hall–Kier alpha value is -1.87. The summed E-state index contributed by atoms with van der Waals surface area (Å²) in [5, 5.41) is 5.37. The molecule has 0 radical (unpaired) electrons. The molecule has 0 heterocycles. The third-order valence-corrected chi connectivity index (χ3v) is 3.46. The van der Waals surface area contributed by atoms with Crippen LogP contribution >= 0.6 is 0 Å². The summed E-state index contributed by atoms with van der Waals surface area (Å²) in [4.78, 5) is 13.9. The normalized spacial score (nSPS) is 10.9. The molecule has 1 amide bonds. The summed E-state index contributed by atoms with van der Waals surface area (Å²) in [6.45, 7) is 6.83. The summed E-state index contributed by atoms with van der Waals surface area (Å²) in [6, 6.07) is 14.7. The summed E-state index contributed by atoms with van der Waals surface area (Å²) in [7, 11) is 0. The molecule has 0 saturated heterocycles. The van der Waals surface area contributed by atoms with Gasteiger partial charge in [-0.1, -0.05) is 49.4 Å². The maximum Gasteiger partial charge on any atom is 0.234 e. The molecular weight excluding hydrogens is 248 g/mol. The van der Waals surface area contributed by atoms with Crippen LogP contribution in [0.25, 0.3) is 10.8 Å². The van der Waals surface area contributed by atoms with E-state index in [1.165, 1.54) is 16.3 Å². The lowest BCUT2D eigenvalue weighted by Gasteiger charge is -2.20. The van der Waals surface area contributed by atoms with Crippen LogP contribution in [0.2, 0.25) is 0 Å². The summed E-state index contributed by atoms with van der Waals surface area (Å²) < 4.78 is 0. The van der Waals surface area contributed by atoms with Crippen LogP contribution in [0.15, 0.2) is 42.5 Å². The zero-order valence-corrected chi connectivity index (χ0v) is 12.2. The van der Waals surface area contributed by atoms with E-state index in [9.17, 15) is 4.79 Å². The van der Waals surface area contributed by atoms with E-state index < -0.39 is 0 Å². The van der Waals surface area contributed by atoms with Crippen molar-refractivity contribution in [2.45, 2.75) is 20.4 Å². The second-order valence-electron chi connectivity index (χ2n) is 4.90. The van der Waals surface area contributed by atoms with Crippen molar-refractivity contribution >= 4 is 16.7 Å². The van der Waals surface area contributed by atoms with E-state index in [1.807, 2.05) is 6.92 Å². The van der Waals surface area contributed by atoms with Gasteiger partial charge in [0.1, 0.15) is 0 Å². The molecule has 20 heavy (non-hydrogen) atoms. The lowest BCUT2D eigenvalue weighted by atomic mass is 10.0. The summed E-state index contributed by atoms with van der Waals surface area (Å²) in [6.07, 6.45) is 0. The highest BCUT2D eigenvalue weighted by Gasteiger charge is 2.10. The number of likely N-dealkylation sites (N-methyl/N-ethyl adjacent to an activating group) is 2. The Bertz CT molecular complexity index is 575. The van der Waals surface area contributed by atoms with Gasteiger partial charge in [0.2, 0.25) is 5.91 Å². The summed E-state index contributed by atoms with van der Waals surface area (Å²) in [5.41, 5.74) is 1.27. The van der Waals surface area contributed by atoms with Gasteiger partial charge >= 0.3 is 0 Å². The number of rotatable bonds is 6. The Morgan fingerprint density at radius 1 is 1.10 bits per heavy atom. The number of nitrogens with zero attached hydrogens (tertiary/aromatic N) is 1. The Morgan fingerprint density at radius 2 is 1.85 bits per heavy atom. The van der Waals surface area contributed by atoms with E-state index in [4.69, 9.17) is 0 Å². The Labute approximate surface area is 120 Å². The second-order valence-corrected chi connectivity index (χ2v) is 4.90. The van der Waals surface area contributed by atoms with Crippen LogP contribution in [0, 0.1) is 0 Å². The van der Waals surface area contributed by atoms with E-state index in [0.29, 0.717) is 13.1 Å². The van der Waals surface area contributed by atoms with Gasteiger partial charge in [-0.05, 0) is 29.8 Å². The van der Waals surface area contributed by atoms with Gasteiger partial charge in [0.25, 0.3) is 0 Å². The molecule has 0 aliphatic heterocycles. The monoisotopic (exact) mass is 270 g/mol. The van der Waals surface area contributed by atoms with Crippen LogP contribution in [-0.4, -0.2) is 30.4 Å². The standard InChI is InChI=1S/C17H22N2O/c1-3-18-17(20)13-19(4-2)12-15-10-7-9-14-8-5-6-11-16(14)15/h5-11H,3-4,12-13H2,1-2H3,(H,18,20). The number of carbonyl (C=O) groups is 1. The number of amides is 1. The fourth-order valence-corrected chi connectivity index (χ4v) is 2.41. The first-order chi connectivity index (χ1) is 9.74. The third kappa shape index (κ3) is 3.58. The number of hydrogen-bond donors (Lipinski definition) is 1. The summed E-state index contributed by atoms with van der Waals surface area (Å²) >= 11 is 0. The lowest BCUT2D eigenvalue weighted by molar-refractivity contribution is -0.122. The molecule has 0 spiro atoms. The maximum atomic E-state index is 11.7. The largest absolute Gasteiger partial charge is 0.355 e. The number of benzene rings is 2. The predicted molar refractivity (Wildman–Crippen MR) is 83.6 cm³/mol. The van der Waals surface area contributed by atoms with Gasteiger partial charge in [-0.3, -0.25) is 9.69 Å². The van der Waals surface area contributed by atoms with E-state index in [-0.39, 0.29) is 5.91 Å². The van der Waals surface area contributed by atoms with E-state index >= 15 is 0 Å². The van der Waals surface area contributed by atoms with E-state index in [2.05, 4.69) is 59.6 Å². The van der Waals surface area contributed by atoms with Crippen LogP contribution in [0.1, 0.15) is 19.4 Å². The molecule has 2 aromatic rings. The molecule has 0 fully saturated rings. The molecule has 0 aromatic heterocycles. The molecule has 3 heteroatoms. The summed E-state index contributed by atoms with van der Waals surface area (Å²) in [5.74, 6) is 0.0922. The van der Waals surface area contributed by atoms with E-state index in [1.54, 1.807) is 0 Å². The molecule has 2 aromatic carbocycles. The van der Waals surface area contributed by atoms with Crippen LogP contribution in [0.5, 0.6) is 0 Å². The van der Waals surface area contributed by atoms with E-state index in [0.717, 1.165) is 13.1 Å². The first-order valence-electron chi connectivity index (χ1n) is 7.20. The van der Waals surface area contributed by atoms with Crippen molar-refractivity contribution in [3.63, 3.8) is 0 Å². The van der Waals surface area contributed by atoms with Gasteiger partial charge in [0.05, 0.1) is 6.54 Å². The van der Waals surface area contributed by atoms with Gasteiger partial charge in [0.15, 0.2) is 0 Å². The van der Waals surface area contributed by atoms with Crippen molar-refractivity contribution in [2.24, 2.45) is 0 Å². The van der Waals surface area contributed by atoms with Crippen LogP contribution in [0.3, 0.4) is 0 Å². The lowest BCUT2D eigenvalue weighted by Crippen LogP contribution is -2.36. The van der Waals surface area contributed by atoms with Crippen molar-refractivity contribution in [3.05, 3.63) is 48.0 Å². The Morgan fingerprint density at radius 3 is 2.60 bits per heavy atom. The average Bonchev–Trinajstić information content (AvgIpc) is 2.47. The van der Waals surface area contributed by atoms with Crippen LogP contribution in [-0.2, 0) is 11.3 Å². The molecule has 2 rings (SSSR count). The molecule has 1 N–H and O–H groups in total. The molecule has 0 saturated carbocycles. The van der Waals surface area contributed by atoms with Gasteiger partial charge in [-0.2, -0.15) is 0 Å². The minimum Gasteiger partial charge on any atom is -0.355 e. The molecule has 0 aliphatic carbocycles. The van der Waals surface area contributed by atoms with Gasteiger partial charge in [-0.25, -0.2) is 0 Å². The van der Waals surface area contributed by atoms with Gasteiger partial charge in [0, 0.05) is 13.1 Å². The Kier molecular flexibility index (Phi) is 5.13. The third-order valence-electron chi connectivity index (χ3n) is 3.46. The molecule has 0 atom stereocenters. The van der Waals surface area contributed by atoms with Crippen LogP contribution < -0.4 is 5.32 Å². The number of nitrogens with one attached hydrogen (secondary N) is 1. The average molecular weight is 270 g/mol. The van der Waals surface area contributed by atoms with Gasteiger partial charge < -0.3 is 5.32 Å². The Balaban J connectivity index is 2.15. The number of hydrogen-bond acceptors (Lipinski definition) is 2. The second kappa shape index (κ2) is 7.06.